The van der Waals surface area contributed by atoms with Gasteiger partial charge in [0.15, 0.2) is 0 Å². The number of rotatable bonds is 12. The van der Waals surface area contributed by atoms with Crippen LogP contribution in [0.5, 0.6) is 0 Å². The van der Waals surface area contributed by atoms with Crippen molar-refractivity contribution in [2.45, 2.75) is 50.2 Å². The quantitative estimate of drug-likeness (QED) is 0.248. The lowest BCUT2D eigenvalue weighted by Gasteiger charge is -2.33. The van der Waals surface area contributed by atoms with Crippen molar-refractivity contribution in [3.63, 3.8) is 0 Å². The summed E-state index contributed by atoms with van der Waals surface area (Å²) in [5, 5.41) is 4.65. The third kappa shape index (κ3) is 7.60. The summed E-state index contributed by atoms with van der Waals surface area (Å²) in [5.74, 6) is -1.32. The number of amides is 2. The van der Waals surface area contributed by atoms with Crippen LogP contribution < -0.4 is 5.32 Å². The Bertz CT molecular complexity index is 1630. The third-order valence-corrected chi connectivity index (χ3v) is 9.12. The maximum Gasteiger partial charge on any atom is 0.243 e. The second-order valence-electron chi connectivity index (χ2n) is 10.4. The molecule has 0 aliphatic rings. The van der Waals surface area contributed by atoms with Crippen molar-refractivity contribution in [1.82, 2.24) is 14.5 Å². The number of nitrogens with one attached hydrogen (secondary N) is 1. The molecule has 0 saturated heterocycles. The van der Waals surface area contributed by atoms with E-state index in [0.29, 0.717) is 12.0 Å². The van der Waals surface area contributed by atoms with Gasteiger partial charge in [0.05, 0.1) is 11.4 Å². The monoisotopic (exact) mass is 589 g/mol. The summed E-state index contributed by atoms with van der Waals surface area (Å²) in [6, 6.07) is 26.2. The van der Waals surface area contributed by atoms with Gasteiger partial charge in [0, 0.05) is 26.1 Å². The molecule has 2 unspecified atom stereocenters. The van der Waals surface area contributed by atoms with Crippen molar-refractivity contribution >= 4 is 32.6 Å². The summed E-state index contributed by atoms with van der Waals surface area (Å²) in [6.07, 6.45) is 0.916. The van der Waals surface area contributed by atoms with Gasteiger partial charge in [-0.25, -0.2) is 12.8 Å². The van der Waals surface area contributed by atoms with Crippen LogP contribution >= 0.6 is 0 Å². The normalized spacial score (nSPS) is 13.1. The summed E-state index contributed by atoms with van der Waals surface area (Å²) >= 11 is 0. The van der Waals surface area contributed by atoms with E-state index in [1.54, 1.807) is 24.3 Å². The van der Waals surface area contributed by atoms with Gasteiger partial charge in [-0.2, -0.15) is 4.31 Å². The fourth-order valence-corrected chi connectivity index (χ4v) is 5.81. The lowest BCUT2D eigenvalue weighted by Crippen LogP contribution is -2.54. The first-order valence-electron chi connectivity index (χ1n) is 13.9. The molecule has 2 amide bonds. The van der Waals surface area contributed by atoms with Crippen LogP contribution in [0, 0.1) is 5.82 Å². The molecule has 0 fully saturated rings. The van der Waals surface area contributed by atoms with Gasteiger partial charge in [-0.1, -0.05) is 79.7 Å². The zero-order chi connectivity index (χ0) is 30.3. The van der Waals surface area contributed by atoms with Crippen LogP contribution in [-0.2, 0) is 32.6 Å². The SMILES string of the molecule is CCC(C)NC(=O)C(Cc1ccccc1)N(Cc1ccc(F)cc1)C(=O)CN(C)S(=O)(=O)c1ccc2ccccc2c1. The Kier molecular flexibility index (Phi) is 10.1. The zero-order valence-electron chi connectivity index (χ0n) is 24.0. The van der Waals surface area contributed by atoms with E-state index in [1.807, 2.05) is 68.4 Å². The molecule has 0 aliphatic carbocycles. The van der Waals surface area contributed by atoms with Crippen LogP contribution in [-0.4, -0.2) is 55.1 Å². The molecule has 42 heavy (non-hydrogen) atoms. The predicted molar refractivity (Wildman–Crippen MR) is 163 cm³/mol. The lowest BCUT2D eigenvalue weighted by molar-refractivity contribution is -0.141. The van der Waals surface area contributed by atoms with Gasteiger partial charge >= 0.3 is 0 Å². The van der Waals surface area contributed by atoms with E-state index in [-0.39, 0.29) is 29.8 Å². The molecule has 0 saturated carbocycles. The number of nitrogens with zero attached hydrogens (tertiary/aromatic N) is 2. The van der Waals surface area contributed by atoms with Gasteiger partial charge in [-0.15, -0.1) is 0 Å². The highest BCUT2D eigenvalue weighted by molar-refractivity contribution is 7.89. The fraction of sp³-hybridized carbons (Fsp3) is 0.273. The number of fused-ring (bicyclic) bond motifs is 1. The zero-order valence-corrected chi connectivity index (χ0v) is 24.9. The Morgan fingerprint density at radius 2 is 1.50 bits per heavy atom. The summed E-state index contributed by atoms with van der Waals surface area (Å²) < 4.78 is 41.8. The molecule has 7 nitrogen and oxygen atoms in total. The van der Waals surface area contributed by atoms with Crippen molar-refractivity contribution in [1.29, 1.82) is 0 Å². The highest BCUT2D eigenvalue weighted by atomic mass is 32.2. The summed E-state index contributed by atoms with van der Waals surface area (Å²) in [4.78, 5) is 29.1. The van der Waals surface area contributed by atoms with Crippen LogP contribution in [0.25, 0.3) is 10.8 Å². The van der Waals surface area contributed by atoms with Crippen molar-refractivity contribution in [2.75, 3.05) is 13.6 Å². The second-order valence-corrected chi connectivity index (χ2v) is 12.5. The van der Waals surface area contributed by atoms with E-state index in [4.69, 9.17) is 0 Å². The molecular weight excluding hydrogens is 553 g/mol. The molecule has 4 aromatic carbocycles. The molecule has 0 spiro atoms. The van der Waals surface area contributed by atoms with Crippen LogP contribution in [0.3, 0.4) is 0 Å². The van der Waals surface area contributed by atoms with Crippen LogP contribution in [0.2, 0.25) is 0 Å². The van der Waals surface area contributed by atoms with E-state index in [1.165, 1.54) is 30.1 Å². The van der Waals surface area contributed by atoms with E-state index in [2.05, 4.69) is 5.32 Å². The number of hydrogen-bond donors (Lipinski definition) is 1. The molecule has 220 valence electrons. The number of sulfonamides is 1. The molecule has 0 radical (unpaired) electrons. The Morgan fingerprint density at radius 1 is 0.857 bits per heavy atom. The van der Waals surface area contributed by atoms with E-state index < -0.39 is 34.3 Å². The van der Waals surface area contributed by atoms with Crippen molar-refractivity contribution in [3.05, 3.63) is 114 Å². The molecular formula is C33H36FN3O4S. The van der Waals surface area contributed by atoms with E-state index in [9.17, 15) is 22.4 Å². The van der Waals surface area contributed by atoms with E-state index in [0.717, 1.165) is 20.6 Å². The maximum absolute atomic E-state index is 14.0. The molecule has 0 aromatic heterocycles. The molecule has 0 heterocycles. The van der Waals surface area contributed by atoms with Gasteiger partial charge in [-0.3, -0.25) is 9.59 Å². The number of likely N-dealkylation sites (N-methyl/N-ethyl adjacent to an activating group) is 1. The number of benzene rings is 4. The van der Waals surface area contributed by atoms with Crippen LogP contribution in [0.4, 0.5) is 4.39 Å². The first kappa shape index (κ1) is 30.9. The summed E-state index contributed by atoms with van der Waals surface area (Å²) in [7, 11) is -2.68. The lowest BCUT2D eigenvalue weighted by atomic mass is 10.0. The van der Waals surface area contributed by atoms with Crippen LogP contribution in [0.15, 0.2) is 102 Å². The van der Waals surface area contributed by atoms with Crippen molar-refractivity contribution in [3.8, 4) is 0 Å². The average Bonchev–Trinajstić information content (AvgIpc) is 2.99. The molecule has 1 N–H and O–H groups in total. The van der Waals surface area contributed by atoms with Crippen molar-refractivity contribution in [2.24, 2.45) is 0 Å². The number of hydrogen-bond acceptors (Lipinski definition) is 4. The van der Waals surface area contributed by atoms with Gasteiger partial charge < -0.3 is 10.2 Å². The topological polar surface area (TPSA) is 86.8 Å². The highest BCUT2D eigenvalue weighted by Gasteiger charge is 2.33. The van der Waals surface area contributed by atoms with E-state index >= 15 is 0 Å². The number of halogens is 1. The van der Waals surface area contributed by atoms with Crippen molar-refractivity contribution < 1.29 is 22.4 Å². The minimum absolute atomic E-state index is 0.00555. The number of carbonyl (C=O) groups excluding carboxylic acids is 2. The van der Waals surface area contributed by atoms with Crippen LogP contribution in [0.1, 0.15) is 31.4 Å². The molecule has 9 heteroatoms. The molecule has 4 rings (SSSR count). The Balaban J connectivity index is 1.67. The Labute approximate surface area is 247 Å². The smallest absolute Gasteiger partial charge is 0.243 e. The maximum atomic E-state index is 14.0. The first-order valence-corrected chi connectivity index (χ1v) is 15.4. The minimum Gasteiger partial charge on any atom is -0.352 e. The molecule has 0 aliphatic heterocycles. The summed E-state index contributed by atoms with van der Waals surface area (Å²) in [6.45, 7) is 3.34. The highest BCUT2D eigenvalue weighted by Crippen LogP contribution is 2.22. The molecule has 4 aromatic rings. The second kappa shape index (κ2) is 13.7. The largest absolute Gasteiger partial charge is 0.352 e. The predicted octanol–water partition coefficient (Wildman–Crippen LogP) is 5.15. The van der Waals surface area contributed by atoms with Gasteiger partial charge in [0.25, 0.3) is 0 Å². The Morgan fingerprint density at radius 3 is 2.17 bits per heavy atom. The molecule has 2 atom stereocenters. The van der Waals surface area contributed by atoms with Gasteiger partial charge in [0.2, 0.25) is 21.8 Å². The fourth-order valence-electron chi connectivity index (χ4n) is 4.66. The minimum atomic E-state index is -4.03. The molecule has 0 bridgehead atoms. The number of carbonyl (C=O) groups is 2. The Hall–Kier alpha value is -4.08. The van der Waals surface area contributed by atoms with Gasteiger partial charge in [-0.05, 0) is 59.5 Å². The summed E-state index contributed by atoms with van der Waals surface area (Å²) in [5.41, 5.74) is 1.45. The average molecular weight is 590 g/mol. The third-order valence-electron chi connectivity index (χ3n) is 7.33. The van der Waals surface area contributed by atoms with Gasteiger partial charge in [0.1, 0.15) is 11.9 Å². The standard InChI is InChI=1S/C33H36FN3O4S/c1-4-24(2)35-33(39)31(20-25-10-6-5-7-11-25)37(22-26-14-17-29(34)18-15-26)32(38)23-36(3)42(40,41)30-19-16-27-12-8-9-13-28(27)21-30/h5-19,21,24,31H,4,20,22-23H2,1-3H3,(H,35,39). The first-order chi connectivity index (χ1) is 20.1.